The van der Waals surface area contributed by atoms with Crippen molar-refractivity contribution >= 4 is 23.2 Å². The highest BCUT2D eigenvalue weighted by molar-refractivity contribution is 6.35. The zero-order valence-corrected chi connectivity index (χ0v) is 12.7. The Morgan fingerprint density at radius 2 is 1.90 bits per heavy atom. The predicted molar refractivity (Wildman–Crippen MR) is 84.4 cm³/mol. The number of hydrogen-bond acceptors (Lipinski definition) is 2. The molecule has 0 amide bonds. The lowest BCUT2D eigenvalue weighted by atomic mass is 9.88. The summed E-state index contributed by atoms with van der Waals surface area (Å²) in [6.45, 7) is 2.29. The van der Waals surface area contributed by atoms with Crippen LogP contribution < -0.4 is 5.73 Å². The molecular formula is C16H17Cl2NO. The van der Waals surface area contributed by atoms with Crippen LogP contribution in [0.5, 0.6) is 0 Å². The van der Waals surface area contributed by atoms with Gasteiger partial charge in [0.1, 0.15) is 0 Å². The molecule has 3 N–H and O–H groups in total. The van der Waals surface area contributed by atoms with Crippen molar-refractivity contribution in [1.82, 2.24) is 0 Å². The number of aryl methyl sites for hydroxylation is 1. The second kappa shape index (κ2) is 6.59. The van der Waals surface area contributed by atoms with Gasteiger partial charge < -0.3 is 10.8 Å². The van der Waals surface area contributed by atoms with Crippen molar-refractivity contribution in [2.24, 2.45) is 5.73 Å². The van der Waals surface area contributed by atoms with Gasteiger partial charge in [-0.05, 0) is 30.2 Å². The summed E-state index contributed by atoms with van der Waals surface area (Å²) in [5, 5.41) is 11.7. The van der Waals surface area contributed by atoms with Crippen LogP contribution in [-0.2, 0) is 0 Å². The van der Waals surface area contributed by atoms with Crippen LogP contribution in [0, 0.1) is 6.92 Å². The highest BCUT2D eigenvalue weighted by Crippen LogP contribution is 2.35. The molecule has 0 fully saturated rings. The first-order valence-corrected chi connectivity index (χ1v) is 7.18. The van der Waals surface area contributed by atoms with Crippen molar-refractivity contribution in [2.75, 3.05) is 6.54 Å². The van der Waals surface area contributed by atoms with E-state index in [0.29, 0.717) is 16.6 Å². The molecule has 0 aromatic heterocycles. The lowest BCUT2D eigenvalue weighted by Gasteiger charge is -2.23. The standard InChI is InChI=1S/C16H17Cl2NO/c1-10-3-2-4-11(7-10)16(20)14(9-19)13-6-5-12(17)8-15(13)18/h2-8,14,16,20H,9,19H2,1H3. The minimum absolute atomic E-state index is 0.262. The summed E-state index contributed by atoms with van der Waals surface area (Å²) < 4.78 is 0. The lowest BCUT2D eigenvalue weighted by Crippen LogP contribution is -2.20. The van der Waals surface area contributed by atoms with Crippen LogP contribution in [0.3, 0.4) is 0 Å². The van der Waals surface area contributed by atoms with Crippen LogP contribution in [0.25, 0.3) is 0 Å². The highest BCUT2D eigenvalue weighted by atomic mass is 35.5. The predicted octanol–water partition coefficient (Wildman–Crippen LogP) is 4.08. The largest absolute Gasteiger partial charge is 0.388 e. The van der Waals surface area contributed by atoms with Crippen LogP contribution in [0.15, 0.2) is 42.5 Å². The Bertz CT molecular complexity index is 601. The quantitative estimate of drug-likeness (QED) is 0.894. The molecule has 0 saturated carbocycles. The van der Waals surface area contributed by atoms with Crippen molar-refractivity contribution in [3.63, 3.8) is 0 Å². The van der Waals surface area contributed by atoms with Crippen LogP contribution >= 0.6 is 23.2 Å². The minimum atomic E-state index is -0.696. The van der Waals surface area contributed by atoms with Gasteiger partial charge in [0, 0.05) is 22.5 Å². The van der Waals surface area contributed by atoms with Gasteiger partial charge in [0.05, 0.1) is 6.10 Å². The van der Waals surface area contributed by atoms with E-state index in [1.54, 1.807) is 12.1 Å². The fourth-order valence-electron chi connectivity index (χ4n) is 2.31. The first-order chi connectivity index (χ1) is 9.52. The fraction of sp³-hybridized carbons (Fsp3) is 0.250. The van der Waals surface area contributed by atoms with Gasteiger partial charge in [0.2, 0.25) is 0 Å². The van der Waals surface area contributed by atoms with E-state index in [1.807, 2.05) is 37.3 Å². The summed E-state index contributed by atoms with van der Waals surface area (Å²) >= 11 is 12.1. The summed E-state index contributed by atoms with van der Waals surface area (Å²) in [7, 11) is 0. The topological polar surface area (TPSA) is 46.2 Å². The summed E-state index contributed by atoms with van der Waals surface area (Å²) in [6, 6.07) is 13.0. The van der Waals surface area contributed by atoms with Gasteiger partial charge in [-0.3, -0.25) is 0 Å². The Morgan fingerprint density at radius 3 is 2.50 bits per heavy atom. The van der Waals surface area contributed by atoms with Crippen molar-refractivity contribution < 1.29 is 5.11 Å². The Morgan fingerprint density at radius 1 is 1.15 bits per heavy atom. The third-order valence-corrected chi connectivity index (χ3v) is 3.94. The van der Waals surface area contributed by atoms with Crippen LogP contribution in [-0.4, -0.2) is 11.7 Å². The molecule has 2 rings (SSSR count). The molecule has 0 radical (unpaired) electrons. The number of nitrogens with two attached hydrogens (primary N) is 1. The normalized spacial score (nSPS) is 14.1. The fourth-order valence-corrected chi connectivity index (χ4v) is 2.86. The van der Waals surface area contributed by atoms with Crippen molar-refractivity contribution in [3.8, 4) is 0 Å². The van der Waals surface area contributed by atoms with Crippen LogP contribution in [0.4, 0.5) is 0 Å². The third-order valence-electron chi connectivity index (χ3n) is 3.38. The number of halogens is 2. The van der Waals surface area contributed by atoms with Gasteiger partial charge in [-0.1, -0.05) is 59.1 Å². The van der Waals surface area contributed by atoms with E-state index < -0.39 is 6.10 Å². The monoisotopic (exact) mass is 309 g/mol. The summed E-state index contributed by atoms with van der Waals surface area (Å²) in [6.07, 6.45) is -0.696. The molecule has 2 unspecified atom stereocenters. The highest BCUT2D eigenvalue weighted by Gasteiger charge is 2.23. The van der Waals surface area contributed by atoms with E-state index in [1.165, 1.54) is 0 Å². The number of hydrogen-bond donors (Lipinski definition) is 2. The molecule has 0 aliphatic heterocycles. The lowest BCUT2D eigenvalue weighted by molar-refractivity contribution is 0.147. The summed E-state index contributed by atoms with van der Waals surface area (Å²) in [4.78, 5) is 0. The Labute approximate surface area is 129 Å². The van der Waals surface area contributed by atoms with Gasteiger partial charge >= 0.3 is 0 Å². The van der Waals surface area contributed by atoms with Crippen LogP contribution in [0.1, 0.15) is 28.7 Å². The molecular weight excluding hydrogens is 293 g/mol. The molecule has 2 nitrogen and oxygen atoms in total. The molecule has 106 valence electrons. The van der Waals surface area contributed by atoms with E-state index in [-0.39, 0.29) is 5.92 Å². The first kappa shape index (κ1) is 15.3. The number of aliphatic hydroxyl groups excluding tert-OH is 1. The Kier molecular flexibility index (Phi) is 5.06. The van der Waals surface area contributed by atoms with Gasteiger partial charge in [-0.25, -0.2) is 0 Å². The Balaban J connectivity index is 2.36. The maximum atomic E-state index is 10.6. The smallest absolute Gasteiger partial charge is 0.0871 e. The van der Waals surface area contributed by atoms with Crippen molar-refractivity contribution in [3.05, 3.63) is 69.2 Å². The molecule has 0 aliphatic rings. The van der Waals surface area contributed by atoms with Crippen molar-refractivity contribution in [1.29, 1.82) is 0 Å². The number of rotatable bonds is 4. The molecule has 0 spiro atoms. The molecule has 0 bridgehead atoms. The SMILES string of the molecule is Cc1cccc(C(O)C(CN)c2ccc(Cl)cc2Cl)c1. The van der Waals surface area contributed by atoms with Gasteiger partial charge in [0.15, 0.2) is 0 Å². The molecule has 2 aromatic rings. The summed E-state index contributed by atoms with van der Waals surface area (Å²) in [5.41, 5.74) is 8.59. The van der Waals surface area contributed by atoms with Crippen LogP contribution in [0.2, 0.25) is 10.0 Å². The maximum Gasteiger partial charge on any atom is 0.0871 e. The van der Waals surface area contributed by atoms with Gasteiger partial charge in [-0.2, -0.15) is 0 Å². The molecule has 0 saturated heterocycles. The van der Waals surface area contributed by atoms with E-state index in [2.05, 4.69) is 0 Å². The zero-order chi connectivity index (χ0) is 14.7. The Hall–Kier alpha value is -1.06. The molecule has 2 atom stereocenters. The molecule has 0 aliphatic carbocycles. The molecule has 20 heavy (non-hydrogen) atoms. The second-order valence-corrected chi connectivity index (χ2v) is 5.71. The first-order valence-electron chi connectivity index (χ1n) is 6.42. The van der Waals surface area contributed by atoms with E-state index >= 15 is 0 Å². The molecule has 2 aromatic carbocycles. The molecule has 4 heteroatoms. The summed E-state index contributed by atoms with van der Waals surface area (Å²) in [5.74, 6) is -0.262. The third kappa shape index (κ3) is 3.33. The van der Waals surface area contributed by atoms with Gasteiger partial charge in [-0.15, -0.1) is 0 Å². The minimum Gasteiger partial charge on any atom is -0.388 e. The van der Waals surface area contributed by atoms with Crippen molar-refractivity contribution in [2.45, 2.75) is 18.9 Å². The average Bonchev–Trinajstić information content (AvgIpc) is 2.41. The second-order valence-electron chi connectivity index (χ2n) is 4.87. The van der Waals surface area contributed by atoms with E-state index in [0.717, 1.165) is 16.7 Å². The number of aliphatic hydroxyl groups is 1. The number of benzene rings is 2. The maximum absolute atomic E-state index is 10.6. The average molecular weight is 310 g/mol. The van der Waals surface area contributed by atoms with Gasteiger partial charge in [0.25, 0.3) is 0 Å². The van der Waals surface area contributed by atoms with E-state index in [4.69, 9.17) is 28.9 Å². The molecule has 0 heterocycles. The van der Waals surface area contributed by atoms with E-state index in [9.17, 15) is 5.11 Å². The zero-order valence-electron chi connectivity index (χ0n) is 11.2.